The van der Waals surface area contributed by atoms with Crippen molar-refractivity contribution in [3.05, 3.63) is 34.4 Å². The second-order valence-corrected chi connectivity index (χ2v) is 5.99. The van der Waals surface area contributed by atoms with E-state index in [1.807, 2.05) is 6.92 Å². The minimum Gasteiger partial charge on any atom is -0.388 e. The summed E-state index contributed by atoms with van der Waals surface area (Å²) < 4.78 is 2.57. The van der Waals surface area contributed by atoms with E-state index >= 15 is 0 Å². The molecule has 6 nitrogen and oxygen atoms in total. The Kier molecular flexibility index (Phi) is 4.04. The summed E-state index contributed by atoms with van der Waals surface area (Å²) in [7, 11) is 0. The molecule has 19 heavy (non-hydrogen) atoms. The molecule has 2 heterocycles. The molecule has 2 N–H and O–H groups in total. The van der Waals surface area contributed by atoms with Gasteiger partial charge in [0, 0.05) is 22.2 Å². The highest BCUT2D eigenvalue weighted by atomic mass is 127. The lowest BCUT2D eigenvalue weighted by atomic mass is 10.1. The van der Waals surface area contributed by atoms with Gasteiger partial charge in [0.25, 0.3) is 0 Å². The van der Waals surface area contributed by atoms with Gasteiger partial charge >= 0.3 is 0 Å². The number of hydrogen-bond donors (Lipinski definition) is 2. The van der Waals surface area contributed by atoms with E-state index in [0.29, 0.717) is 5.95 Å². The highest BCUT2D eigenvalue weighted by Gasteiger charge is 2.16. The van der Waals surface area contributed by atoms with E-state index in [1.54, 1.807) is 43.7 Å². The number of hydrogen-bond acceptors (Lipinski definition) is 5. The van der Waals surface area contributed by atoms with E-state index in [2.05, 4.69) is 43.0 Å². The number of aryl methyl sites for hydroxylation is 1. The van der Waals surface area contributed by atoms with Crippen LogP contribution in [0.15, 0.2) is 18.6 Å². The van der Waals surface area contributed by atoms with Gasteiger partial charge in [-0.15, -0.1) is 0 Å². The molecule has 0 bridgehead atoms. The standard InChI is InChI=1S/C12H15IN5O/c1-8-10(6-18(17-8)7-12(2,3)19)16-11-14-4-9(13)5-15-11/h4-7,19H,1-3H3,(H,14,15,16). The third kappa shape index (κ3) is 4.13. The van der Waals surface area contributed by atoms with Gasteiger partial charge in [-0.3, -0.25) is 4.68 Å². The molecule has 2 aromatic rings. The predicted octanol–water partition coefficient (Wildman–Crippen LogP) is 2.11. The van der Waals surface area contributed by atoms with Gasteiger partial charge in [-0.2, -0.15) is 5.10 Å². The van der Waals surface area contributed by atoms with Gasteiger partial charge in [0.1, 0.15) is 6.54 Å². The fourth-order valence-corrected chi connectivity index (χ4v) is 1.77. The van der Waals surface area contributed by atoms with Crippen LogP contribution >= 0.6 is 22.6 Å². The molecule has 0 aliphatic carbocycles. The first-order valence-corrected chi connectivity index (χ1v) is 6.80. The lowest BCUT2D eigenvalue weighted by Crippen LogP contribution is -2.23. The summed E-state index contributed by atoms with van der Waals surface area (Å²) in [6, 6.07) is 0. The van der Waals surface area contributed by atoms with Crippen LogP contribution in [0.4, 0.5) is 11.6 Å². The first kappa shape index (κ1) is 14.2. The number of anilines is 2. The molecular weight excluding hydrogens is 357 g/mol. The molecule has 2 rings (SSSR count). The predicted molar refractivity (Wildman–Crippen MR) is 81.0 cm³/mol. The zero-order chi connectivity index (χ0) is 14.0. The number of rotatable bonds is 4. The van der Waals surface area contributed by atoms with Crippen molar-refractivity contribution in [3.63, 3.8) is 0 Å². The Hall–Kier alpha value is -1.22. The molecular formula is C12H15IN5O. The van der Waals surface area contributed by atoms with Crippen LogP contribution < -0.4 is 5.32 Å². The Balaban J connectivity index is 2.15. The van der Waals surface area contributed by atoms with E-state index in [9.17, 15) is 5.11 Å². The molecule has 0 aliphatic heterocycles. The van der Waals surface area contributed by atoms with Crippen molar-refractivity contribution in [1.29, 1.82) is 0 Å². The first-order chi connectivity index (χ1) is 8.83. The second-order valence-electron chi connectivity index (χ2n) is 4.74. The summed E-state index contributed by atoms with van der Waals surface area (Å²) in [5, 5.41) is 17.1. The van der Waals surface area contributed by atoms with Crippen LogP contribution in [0.2, 0.25) is 0 Å². The number of nitrogens with zero attached hydrogens (tertiary/aromatic N) is 4. The number of aromatic nitrogens is 4. The van der Waals surface area contributed by atoms with Crippen LogP contribution in [0.5, 0.6) is 0 Å². The van der Waals surface area contributed by atoms with Gasteiger partial charge in [-0.05, 0) is 43.4 Å². The first-order valence-electron chi connectivity index (χ1n) is 5.72. The molecule has 7 heteroatoms. The monoisotopic (exact) mass is 372 g/mol. The zero-order valence-electron chi connectivity index (χ0n) is 10.9. The van der Waals surface area contributed by atoms with Crippen molar-refractivity contribution in [2.75, 3.05) is 5.32 Å². The van der Waals surface area contributed by atoms with Gasteiger partial charge in [0.15, 0.2) is 0 Å². The van der Waals surface area contributed by atoms with Crippen LogP contribution in [0.1, 0.15) is 19.5 Å². The summed E-state index contributed by atoms with van der Waals surface area (Å²) >= 11 is 2.15. The normalized spacial score (nSPS) is 11.6. The molecule has 0 aliphatic rings. The molecule has 1 radical (unpaired) electrons. The number of halogens is 1. The Morgan fingerprint density at radius 2 is 2.00 bits per heavy atom. The van der Waals surface area contributed by atoms with Gasteiger partial charge < -0.3 is 10.4 Å². The van der Waals surface area contributed by atoms with Gasteiger partial charge in [0.05, 0.1) is 17.0 Å². The third-order valence-corrected chi connectivity index (χ3v) is 2.79. The molecule has 0 spiro atoms. The molecule has 0 saturated carbocycles. The zero-order valence-corrected chi connectivity index (χ0v) is 13.1. The van der Waals surface area contributed by atoms with E-state index in [4.69, 9.17) is 0 Å². The van der Waals surface area contributed by atoms with Crippen molar-refractivity contribution in [1.82, 2.24) is 19.7 Å². The minimum absolute atomic E-state index is 0.520. The van der Waals surface area contributed by atoms with Crippen LogP contribution in [-0.2, 0) is 0 Å². The molecule has 0 fully saturated rings. The second kappa shape index (κ2) is 5.41. The number of aliphatic hydroxyl groups is 1. The van der Waals surface area contributed by atoms with Gasteiger partial charge in [-0.25, -0.2) is 9.97 Å². The van der Waals surface area contributed by atoms with Crippen LogP contribution in [0.3, 0.4) is 0 Å². The van der Waals surface area contributed by atoms with Crippen molar-refractivity contribution < 1.29 is 5.11 Å². The lowest BCUT2D eigenvalue weighted by Gasteiger charge is -2.15. The van der Waals surface area contributed by atoms with Crippen molar-refractivity contribution in [2.24, 2.45) is 0 Å². The highest BCUT2D eigenvalue weighted by molar-refractivity contribution is 14.1. The molecule has 0 aromatic carbocycles. The molecule has 0 unspecified atom stereocenters. The average Bonchev–Trinajstić information content (AvgIpc) is 2.60. The summed E-state index contributed by atoms with van der Waals surface area (Å²) in [5.74, 6) is 0.520. The van der Waals surface area contributed by atoms with Gasteiger partial charge in [0.2, 0.25) is 5.95 Å². The molecule has 0 saturated heterocycles. The Morgan fingerprint density at radius 1 is 1.37 bits per heavy atom. The molecule has 0 atom stereocenters. The SMILES string of the molecule is Cc1nn([CH]C(C)(C)O)cc1Nc1ncc(I)cn1. The fourth-order valence-electron chi connectivity index (χ4n) is 1.49. The van der Waals surface area contributed by atoms with Gasteiger partial charge in [-0.1, -0.05) is 0 Å². The summed E-state index contributed by atoms with van der Waals surface area (Å²) in [6.07, 6.45) is 5.26. The lowest BCUT2D eigenvalue weighted by molar-refractivity contribution is 0.106. The maximum Gasteiger partial charge on any atom is 0.227 e. The maximum atomic E-state index is 9.73. The molecule has 101 valence electrons. The highest BCUT2D eigenvalue weighted by Crippen LogP contribution is 2.18. The summed E-state index contributed by atoms with van der Waals surface area (Å²) in [5.41, 5.74) is 0.694. The summed E-state index contributed by atoms with van der Waals surface area (Å²) in [6.45, 7) is 6.89. The maximum absolute atomic E-state index is 9.73. The van der Waals surface area contributed by atoms with Crippen LogP contribution in [0, 0.1) is 17.0 Å². The minimum atomic E-state index is -0.922. The smallest absolute Gasteiger partial charge is 0.227 e. The average molecular weight is 372 g/mol. The van der Waals surface area contributed by atoms with E-state index in [-0.39, 0.29) is 0 Å². The topological polar surface area (TPSA) is 75.9 Å². The van der Waals surface area contributed by atoms with Crippen molar-refractivity contribution in [3.8, 4) is 0 Å². The molecule has 2 aromatic heterocycles. The molecule has 0 amide bonds. The van der Waals surface area contributed by atoms with E-state index in [0.717, 1.165) is 15.0 Å². The number of nitrogens with one attached hydrogen (secondary N) is 1. The Labute approximate surface area is 125 Å². The van der Waals surface area contributed by atoms with Crippen LogP contribution in [0.25, 0.3) is 0 Å². The van der Waals surface area contributed by atoms with E-state index in [1.165, 1.54) is 0 Å². The fraction of sp³-hybridized carbons (Fsp3) is 0.333. The Bertz CT molecular complexity index is 558. The van der Waals surface area contributed by atoms with E-state index < -0.39 is 5.60 Å². The third-order valence-electron chi connectivity index (χ3n) is 2.23. The largest absolute Gasteiger partial charge is 0.388 e. The Morgan fingerprint density at radius 3 is 2.58 bits per heavy atom. The quantitative estimate of drug-likeness (QED) is 0.805. The summed E-state index contributed by atoms with van der Waals surface area (Å²) in [4.78, 5) is 8.34. The van der Waals surface area contributed by atoms with Crippen LogP contribution in [-0.4, -0.2) is 30.5 Å². The van der Waals surface area contributed by atoms with Crippen molar-refractivity contribution >= 4 is 34.2 Å². The van der Waals surface area contributed by atoms with Crippen molar-refractivity contribution in [2.45, 2.75) is 26.4 Å².